The van der Waals surface area contributed by atoms with Crippen LogP contribution in [0, 0.1) is 0 Å². The van der Waals surface area contributed by atoms with Gasteiger partial charge < -0.3 is 0 Å². The minimum Gasteiger partial charge on any atom is -0.149 e. The maximum absolute atomic E-state index is 3.62. The van der Waals surface area contributed by atoms with Crippen LogP contribution in [0.15, 0.2) is 47.8 Å². The van der Waals surface area contributed by atoms with Gasteiger partial charge in [-0.15, -0.1) is 11.3 Å². The van der Waals surface area contributed by atoms with Crippen molar-refractivity contribution in [2.75, 3.05) is 5.33 Å². The molecule has 0 aliphatic carbocycles. The van der Waals surface area contributed by atoms with Gasteiger partial charge in [0, 0.05) is 10.2 Å². The standard InChI is InChI=1S/C14H15BrS/c15-11-13(12-5-2-1-3-6-12)8-9-14-7-4-10-16-14/h1-7,10,13H,8-9,11H2. The van der Waals surface area contributed by atoms with E-state index in [1.165, 1.54) is 23.3 Å². The number of hydrogen-bond acceptors (Lipinski definition) is 1. The number of alkyl halides is 1. The molecule has 2 aromatic rings. The summed E-state index contributed by atoms with van der Waals surface area (Å²) in [6.45, 7) is 0. The number of thiophene rings is 1. The van der Waals surface area contributed by atoms with Gasteiger partial charge in [0.2, 0.25) is 0 Å². The van der Waals surface area contributed by atoms with E-state index >= 15 is 0 Å². The van der Waals surface area contributed by atoms with Gasteiger partial charge in [0.1, 0.15) is 0 Å². The van der Waals surface area contributed by atoms with Crippen LogP contribution >= 0.6 is 27.3 Å². The van der Waals surface area contributed by atoms with E-state index in [1.807, 2.05) is 11.3 Å². The van der Waals surface area contributed by atoms with E-state index in [4.69, 9.17) is 0 Å². The lowest BCUT2D eigenvalue weighted by Gasteiger charge is -2.13. The second kappa shape index (κ2) is 6.21. The van der Waals surface area contributed by atoms with Gasteiger partial charge >= 0.3 is 0 Å². The van der Waals surface area contributed by atoms with Gasteiger partial charge in [-0.2, -0.15) is 0 Å². The van der Waals surface area contributed by atoms with Crippen molar-refractivity contribution in [3.63, 3.8) is 0 Å². The van der Waals surface area contributed by atoms with Crippen LogP contribution in [0.4, 0.5) is 0 Å². The van der Waals surface area contributed by atoms with E-state index in [-0.39, 0.29) is 0 Å². The Kier molecular flexibility index (Phi) is 4.61. The Bertz CT molecular complexity index is 394. The summed E-state index contributed by atoms with van der Waals surface area (Å²) in [5.74, 6) is 0.628. The van der Waals surface area contributed by atoms with E-state index in [9.17, 15) is 0 Å². The SMILES string of the molecule is BrCC(CCc1cccs1)c1ccccc1. The monoisotopic (exact) mass is 294 g/mol. The number of aryl methyl sites for hydroxylation is 1. The van der Waals surface area contributed by atoms with Crippen molar-refractivity contribution in [1.82, 2.24) is 0 Å². The molecule has 0 nitrogen and oxygen atoms in total. The Morgan fingerprint density at radius 3 is 2.50 bits per heavy atom. The molecule has 0 aliphatic heterocycles. The van der Waals surface area contributed by atoms with Crippen LogP contribution in [0.3, 0.4) is 0 Å². The van der Waals surface area contributed by atoms with Crippen LogP contribution in [0.2, 0.25) is 0 Å². The molecule has 0 fully saturated rings. The second-order valence-corrected chi connectivity index (χ2v) is 5.56. The molecule has 0 aliphatic rings. The fraction of sp³-hybridized carbons (Fsp3) is 0.286. The van der Waals surface area contributed by atoms with Crippen molar-refractivity contribution >= 4 is 27.3 Å². The van der Waals surface area contributed by atoms with E-state index in [0.29, 0.717) is 5.92 Å². The first kappa shape index (κ1) is 11.9. The summed E-state index contributed by atoms with van der Waals surface area (Å²) in [5, 5.41) is 3.20. The van der Waals surface area contributed by atoms with Gasteiger partial charge in [0.05, 0.1) is 0 Å². The maximum atomic E-state index is 3.62. The predicted octanol–water partition coefficient (Wildman–Crippen LogP) is 4.86. The van der Waals surface area contributed by atoms with Gasteiger partial charge in [0.25, 0.3) is 0 Å². The second-order valence-electron chi connectivity index (χ2n) is 3.88. The average molecular weight is 295 g/mol. The lowest BCUT2D eigenvalue weighted by molar-refractivity contribution is 0.697. The third-order valence-corrected chi connectivity index (χ3v) is 4.49. The number of benzene rings is 1. The molecule has 1 unspecified atom stereocenters. The van der Waals surface area contributed by atoms with E-state index in [1.54, 1.807) is 0 Å². The zero-order valence-electron chi connectivity index (χ0n) is 9.10. The van der Waals surface area contributed by atoms with Crippen molar-refractivity contribution in [3.05, 3.63) is 58.3 Å². The molecule has 1 aromatic carbocycles. The van der Waals surface area contributed by atoms with Crippen molar-refractivity contribution in [3.8, 4) is 0 Å². The fourth-order valence-corrected chi connectivity index (χ4v) is 3.25. The quantitative estimate of drug-likeness (QED) is 0.691. The van der Waals surface area contributed by atoms with Crippen LogP contribution in [0.5, 0.6) is 0 Å². The zero-order chi connectivity index (χ0) is 11.2. The molecule has 0 saturated heterocycles. The molecule has 0 saturated carbocycles. The third-order valence-electron chi connectivity index (χ3n) is 2.78. The Morgan fingerprint density at radius 1 is 1.06 bits per heavy atom. The van der Waals surface area contributed by atoms with Crippen molar-refractivity contribution in [2.45, 2.75) is 18.8 Å². The third kappa shape index (κ3) is 3.19. The highest BCUT2D eigenvalue weighted by Crippen LogP contribution is 2.24. The lowest BCUT2D eigenvalue weighted by atomic mass is 9.96. The molecule has 16 heavy (non-hydrogen) atoms. The number of halogens is 1. The van der Waals surface area contributed by atoms with Crippen molar-refractivity contribution in [2.24, 2.45) is 0 Å². The van der Waals surface area contributed by atoms with Crippen LogP contribution in [0.1, 0.15) is 22.8 Å². The normalized spacial score (nSPS) is 12.6. The molecule has 1 atom stereocenters. The topological polar surface area (TPSA) is 0 Å². The molecule has 1 aromatic heterocycles. The molecule has 2 heteroatoms. The summed E-state index contributed by atoms with van der Waals surface area (Å²) in [5.41, 5.74) is 1.44. The minimum absolute atomic E-state index is 0.628. The van der Waals surface area contributed by atoms with Gasteiger partial charge in [-0.1, -0.05) is 52.3 Å². The van der Waals surface area contributed by atoms with Crippen LogP contribution in [0.25, 0.3) is 0 Å². The Morgan fingerprint density at radius 2 is 1.88 bits per heavy atom. The highest BCUT2D eigenvalue weighted by molar-refractivity contribution is 9.09. The first-order chi connectivity index (χ1) is 7.90. The molecule has 0 radical (unpaired) electrons. The first-order valence-electron chi connectivity index (χ1n) is 5.53. The summed E-state index contributed by atoms with van der Waals surface area (Å²) >= 11 is 5.48. The summed E-state index contributed by atoms with van der Waals surface area (Å²) in [4.78, 5) is 1.49. The molecular weight excluding hydrogens is 280 g/mol. The average Bonchev–Trinajstić information content (AvgIpc) is 2.84. The van der Waals surface area contributed by atoms with Gasteiger partial charge in [-0.3, -0.25) is 0 Å². The smallest absolute Gasteiger partial charge is 0.0100 e. The summed E-state index contributed by atoms with van der Waals surface area (Å²) in [6, 6.07) is 15.1. The lowest BCUT2D eigenvalue weighted by Crippen LogP contribution is -2.01. The maximum Gasteiger partial charge on any atom is 0.0100 e. The van der Waals surface area contributed by atoms with Crippen LogP contribution in [-0.2, 0) is 6.42 Å². The molecule has 84 valence electrons. The summed E-state index contributed by atoms with van der Waals surface area (Å²) in [7, 11) is 0. The van der Waals surface area contributed by atoms with Crippen molar-refractivity contribution in [1.29, 1.82) is 0 Å². The molecular formula is C14H15BrS. The highest BCUT2D eigenvalue weighted by atomic mass is 79.9. The van der Waals surface area contributed by atoms with E-state index in [0.717, 1.165) is 5.33 Å². The molecule has 0 bridgehead atoms. The summed E-state index contributed by atoms with van der Waals surface area (Å²) in [6.07, 6.45) is 2.40. The number of rotatable bonds is 5. The van der Waals surface area contributed by atoms with Gasteiger partial charge in [0.15, 0.2) is 0 Å². The van der Waals surface area contributed by atoms with E-state index < -0.39 is 0 Å². The van der Waals surface area contributed by atoms with Gasteiger partial charge in [-0.25, -0.2) is 0 Å². The fourth-order valence-electron chi connectivity index (χ4n) is 1.83. The predicted molar refractivity (Wildman–Crippen MR) is 75.6 cm³/mol. The largest absolute Gasteiger partial charge is 0.149 e. The molecule has 0 amide bonds. The van der Waals surface area contributed by atoms with Crippen LogP contribution in [-0.4, -0.2) is 5.33 Å². The van der Waals surface area contributed by atoms with Crippen molar-refractivity contribution < 1.29 is 0 Å². The molecule has 1 heterocycles. The minimum atomic E-state index is 0.628. The highest BCUT2D eigenvalue weighted by Gasteiger charge is 2.09. The molecule has 0 N–H and O–H groups in total. The zero-order valence-corrected chi connectivity index (χ0v) is 11.5. The first-order valence-corrected chi connectivity index (χ1v) is 7.53. The van der Waals surface area contributed by atoms with Crippen LogP contribution < -0.4 is 0 Å². The summed E-state index contributed by atoms with van der Waals surface area (Å²) < 4.78 is 0. The Hall–Kier alpha value is -0.600. The molecule has 2 rings (SSSR count). The number of hydrogen-bond donors (Lipinski definition) is 0. The van der Waals surface area contributed by atoms with E-state index in [2.05, 4.69) is 63.8 Å². The Labute approximate surface area is 109 Å². The van der Waals surface area contributed by atoms with Gasteiger partial charge in [-0.05, 0) is 35.8 Å². The Balaban J connectivity index is 1.96. The molecule has 0 spiro atoms.